The lowest BCUT2D eigenvalue weighted by atomic mass is 10.1. The largest absolute Gasteiger partial charge is 0.486 e. The van der Waals surface area contributed by atoms with Crippen LogP contribution in [0.3, 0.4) is 0 Å². The summed E-state index contributed by atoms with van der Waals surface area (Å²) in [5, 5.41) is 0.945. The number of rotatable bonds is 4. The first-order valence-corrected chi connectivity index (χ1v) is 10.5. The van der Waals surface area contributed by atoms with Gasteiger partial charge in [-0.05, 0) is 42.8 Å². The number of fused-ring (bicyclic) bond motifs is 2. The van der Waals surface area contributed by atoms with Gasteiger partial charge in [0.1, 0.15) is 30.0 Å². The minimum Gasteiger partial charge on any atom is -0.486 e. The standard InChI is InChI=1S/C24H24F2N4O/c1-16-2-4-19-21(28-16)13-18(25)14-23(19)30-9-7-29(8-10-30)15-20(26)17-3-5-24-22(12-17)27-6-11-31-24/h2-6,12-14,20H,7-11,15H2,1H3. The molecule has 7 heteroatoms. The number of pyridine rings is 1. The SMILES string of the molecule is Cc1ccc2c(N3CCN(CC(F)c4ccc5c(c4)N=CCO5)CC3)cc(F)cc2n1. The number of aryl methyl sites for hydroxylation is 1. The van der Waals surface area contributed by atoms with Gasteiger partial charge in [-0.3, -0.25) is 14.9 Å². The van der Waals surface area contributed by atoms with E-state index in [1.165, 1.54) is 6.07 Å². The van der Waals surface area contributed by atoms with Gasteiger partial charge in [0.25, 0.3) is 0 Å². The van der Waals surface area contributed by atoms with Crippen LogP contribution in [-0.4, -0.2) is 55.4 Å². The summed E-state index contributed by atoms with van der Waals surface area (Å²) in [6.45, 7) is 5.52. The number of piperazine rings is 1. The van der Waals surface area contributed by atoms with E-state index in [2.05, 4.69) is 19.8 Å². The Hall–Kier alpha value is -3.06. The quantitative estimate of drug-likeness (QED) is 0.616. The lowest BCUT2D eigenvalue weighted by Crippen LogP contribution is -2.47. The molecule has 0 radical (unpaired) electrons. The Morgan fingerprint density at radius 2 is 1.90 bits per heavy atom. The van der Waals surface area contributed by atoms with Crippen LogP contribution in [0.25, 0.3) is 10.9 Å². The molecule has 0 saturated carbocycles. The molecule has 0 aliphatic carbocycles. The molecule has 160 valence electrons. The molecule has 3 heterocycles. The molecule has 2 aliphatic heterocycles. The summed E-state index contributed by atoms with van der Waals surface area (Å²) in [7, 11) is 0. The summed E-state index contributed by atoms with van der Waals surface area (Å²) in [5.74, 6) is 0.407. The third-order valence-electron chi connectivity index (χ3n) is 5.91. The Balaban J connectivity index is 1.26. The van der Waals surface area contributed by atoms with Crippen LogP contribution >= 0.6 is 0 Å². The molecular weight excluding hydrogens is 398 g/mol. The summed E-state index contributed by atoms with van der Waals surface area (Å²) in [6.07, 6.45) is 0.585. The number of aliphatic imine (C=N–C) groups is 1. The monoisotopic (exact) mass is 422 g/mol. The Morgan fingerprint density at radius 3 is 2.74 bits per heavy atom. The molecular formula is C24H24F2N4O. The van der Waals surface area contributed by atoms with Crippen molar-refractivity contribution in [1.82, 2.24) is 9.88 Å². The predicted molar refractivity (Wildman–Crippen MR) is 119 cm³/mol. The van der Waals surface area contributed by atoms with Crippen molar-refractivity contribution < 1.29 is 13.5 Å². The third-order valence-corrected chi connectivity index (χ3v) is 5.91. The molecule has 1 unspecified atom stereocenters. The van der Waals surface area contributed by atoms with E-state index in [-0.39, 0.29) is 5.82 Å². The van der Waals surface area contributed by atoms with Crippen molar-refractivity contribution in [1.29, 1.82) is 0 Å². The molecule has 2 aliphatic rings. The summed E-state index contributed by atoms with van der Waals surface area (Å²) in [5.41, 5.74) is 3.67. The topological polar surface area (TPSA) is 41.0 Å². The Kier molecular flexibility index (Phi) is 5.28. The van der Waals surface area contributed by atoms with E-state index >= 15 is 4.39 Å². The first-order valence-electron chi connectivity index (χ1n) is 10.5. The highest BCUT2D eigenvalue weighted by Gasteiger charge is 2.23. The highest BCUT2D eigenvalue weighted by molar-refractivity contribution is 5.92. The van der Waals surface area contributed by atoms with E-state index < -0.39 is 6.17 Å². The van der Waals surface area contributed by atoms with Crippen molar-refractivity contribution in [3.63, 3.8) is 0 Å². The lowest BCUT2D eigenvalue weighted by Gasteiger charge is -2.37. The first-order chi connectivity index (χ1) is 15.1. The lowest BCUT2D eigenvalue weighted by molar-refractivity contribution is 0.184. The van der Waals surface area contributed by atoms with Crippen molar-refractivity contribution in [3.05, 3.63) is 59.5 Å². The molecule has 2 aromatic carbocycles. The third kappa shape index (κ3) is 4.10. The van der Waals surface area contributed by atoms with E-state index in [0.717, 1.165) is 16.8 Å². The van der Waals surface area contributed by atoms with Crippen molar-refractivity contribution >= 4 is 28.5 Å². The number of hydrogen-bond donors (Lipinski definition) is 0. The maximum atomic E-state index is 15.0. The number of benzene rings is 2. The molecule has 1 saturated heterocycles. The number of nitrogens with zero attached hydrogens (tertiary/aromatic N) is 4. The van der Waals surface area contributed by atoms with Crippen LogP contribution in [0.5, 0.6) is 5.75 Å². The molecule has 1 fully saturated rings. The zero-order valence-corrected chi connectivity index (χ0v) is 17.4. The van der Waals surface area contributed by atoms with Gasteiger partial charge < -0.3 is 9.64 Å². The molecule has 1 aromatic heterocycles. The van der Waals surface area contributed by atoms with Crippen molar-refractivity contribution in [2.45, 2.75) is 13.1 Å². The first kappa shape index (κ1) is 19.9. The second kappa shape index (κ2) is 8.23. The molecule has 0 amide bonds. The van der Waals surface area contributed by atoms with Crippen LogP contribution < -0.4 is 9.64 Å². The second-order valence-electron chi connectivity index (χ2n) is 8.05. The van der Waals surface area contributed by atoms with Gasteiger partial charge in [-0.2, -0.15) is 0 Å². The zero-order valence-electron chi connectivity index (χ0n) is 17.4. The summed E-state index contributed by atoms with van der Waals surface area (Å²) in [4.78, 5) is 13.0. The van der Waals surface area contributed by atoms with Crippen molar-refractivity contribution in [2.24, 2.45) is 4.99 Å². The Labute approximate surface area is 180 Å². The number of aromatic nitrogens is 1. The molecule has 5 rings (SSSR count). The maximum Gasteiger partial charge on any atom is 0.145 e. The van der Waals surface area contributed by atoms with Crippen LogP contribution in [0, 0.1) is 12.7 Å². The fraction of sp³-hybridized carbons (Fsp3) is 0.333. The molecule has 31 heavy (non-hydrogen) atoms. The van der Waals surface area contributed by atoms with E-state index in [9.17, 15) is 4.39 Å². The van der Waals surface area contributed by atoms with E-state index in [4.69, 9.17) is 4.74 Å². The molecule has 0 bridgehead atoms. The van der Waals surface area contributed by atoms with Gasteiger partial charge in [0.05, 0.1) is 5.52 Å². The van der Waals surface area contributed by atoms with Crippen LogP contribution in [0.1, 0.15) is 17.4 Å². The molecule has 3 aromatic rings. The van der Waals surface area contributed by atoms with Gasteiger partial charge in [-0.1, -0.05) is 6.07 Å². The van der Waals surface area contributed by atoms with Crippen LogP contribution in [0.15, 0.2) is 47.5 Å². The van der Waals surface area contributed by atoms with Crippen LogP contribution in [0.4, 0.5) is 20.2 Å². The molecule has 1 atom stereocenters. The highest BCUT2D eigenvalue weighted by Crippen LogP contribution is 2.34. The normalized spacial score (nSPS) is 17.5. The van der Waals surface area contributed by atoms with Gasteiger partial charge in [0, 0.05) is 61.8 Å². The maximum absolute atomic E-state index is 15.0. The smallest absolute Gasteiger partial charge is 0.145 e. The molecule has 0 N–H and O–H groups in total. The summed E-state index contributed by atoms with van der Waals surface area (Å²) in [6, 6.07) is 12.3. The van der Waals surface area contributed by atoms with Crippen LogP contribution in [0.2, 0.25) is 0 Å². The van der Waals surface area contributed by atoms with Gasteiger partial charge in [0.2, 0.25) is 0 Å². The number of ether oxygens (including phenoxy) is 1. The van der Waals surface area contributed by atoms with Gasteiger partial charge in [0.15, 0.2) is 0 Å². The highest BCUT2D eigenvalue weighted by atomic mass is 19.1. The fourth-order valence-electron chi connectivity index (χ4n) is 4.26. The van der Waals surface area contributed by atoms with Crippen molar-refractivity contribution in [3.8, 4) is 5.75 Å². The number of halogens is 2. The van der Waals surface area contributed by atoms with Crippen molar-refractivity contribution in [2.75, 3.05) is 44.2 Å². The van der Waals surface area contributed by atoms with E-state index in [1.54, 1.807) is 30.5 Å². The number of hydrogen-bond acceptors (Lipinski definition) is 5. The average molecular weight is 422 g/mol. The summed E-state index contributed by atoms with van der Waals surface area (Å²) < 4.78 is 34.7. The Morgan fingerprint density at radius 1 is 1.06 bits per heavy atom. The minimum atomic E-state index is -1.10. The summed E-state index contributed by atoms with van der Waals surface area (Å²) >= 11 is 0. The average Bonchev–Trinajstić information content (AvgIpc) is 2.78. The van der Waals surface area contributed by atoms with E-state index in [1.807, 2.05) is 19.1 Å². The zero-order chi connectivity index (χ0) is 21.4. The van der Waals surface area contributed by atoms with E-state index in [0.29, 0.717) is 61.8 Å². The van der Waals surface area contributed by atoms with Gasteiger partial charge >= 0.3 is 0 Å². The minimum absolute atomic E-state index is 0.286. The molecule has 0 spiro atoms. The van der Waals surface area contributed by atoms with Gasteiger partial charge in [-0.25, -0.2) is 8.78 Å². The Bertz CT molecular complexity index is 1140. The fourth-order valence-corrected chi connectivity index (χ4v) is 4.26. The number of anilines is 1. The number of alkyl halides is 1. The van der Waals surface area contributed by atoms with Gasteiger partial charge in [-0.15, -0.1) is 0 Å². The second-order valence-corrected chi connectivity index (χ2v) is 8.05. The van der Waals surface area contributed by atoms with Crippen LogP contribution in [-0.2, 0) is 0 Å². The predicted octanol–water partition coefficient (Wildman–Crippen LogP) is 4.61. The molecule has 5 nitrogen and oxygen atoms in total.